The van der Waals surface area contributed by atoms with Gasteiger partial charge in [0.05, 0.1) is 23.4 Å². The lowest BCUT2D eigenvalue weighted by molar-refractivity contribution is -0.120. The van der Waals surface area contributed by atoms with Crippen molar-refractivity contribution in [2.45, 2.75) is 6.54 Å². The zero-order valence-electron chi connectivity index (χ0n) is 16.5. The van der Waals surface area contributed by atoms with E-state index in [9.17, 15) is 9.59 Å². The Balaban J connectivity index is 1.76. The average molecular weight is 439 g/mol. The molecule has 4 rings (SSSR count). The molecule has 2 aromatic carbocycles. The van der Waals surface area contributed by atoms with E-state index in [1.54, 1.807) is 18.2 Å². The zero-order chi connectivity index (χ0) is 21.3. The van der Waals surface area contributed by atoms with E-state index in [2.05, 4.69) is 0 Å². The third-order valence-electron chi connectivity index (χ3n) is 4.86. The average Bonchev–Trinajstić information content (AvgIpc) is 3.34. The Morgan fingerprint density at radius 2 is 1.80 bits per heavy atom. The van der Waals surface area contributed by atoms with Gasteiger partial charge in [0.15, 0.2) is 0 Å². The number of rotatable bonds is 6. The smallest absolute Gasteiger partial charge is 0.282 e. The van der Waals surface area contributed by atoms with Crippen molar-refractivity contribution >= 4 is 46.0 Å². The molecule has 0 saturated carbocycles. The fourth-order valence-electron chi connectivity index (χ4n) is 3.48. The van der Waals surface area contributed by atoms with Crippen molar-refractivity contribution < 1.29 is 14.3 Å². The van der Waals surface area contributed by atoms with Crippen molar-refractivity contribution in [3.63, 3.8) is 0 Å². The van der Waals surface area contributed by atoms with E-state index in [4.69, 9.17) is 16.3 Å². The van der Waals surface area contributed by atoms with E-state index < -0.39 is 0 Å². The molecule has 0 fully saturated rings. The Morgan fingerprint density at radius 3 is 2.43 bits per heavy atom. The maximum atomic E-state index is 13.5. The number of hydrogen-bond donors (Lipinski definition) is 0. The number of halogens is 1. The first kappa shape index (κ1) is 20.2. The van der Waals surface area contributed by atoms with E-state index in [0.29, 0.717) is 34.3 Å². The monoisotopic (exact) mass is 438 g/mol. The maximum Gasteiger partial charge on any atom is 0.282 e. The number of methoxy groups -OCH3 is 1. The predicted molar refractivity (Wildman–Crippen MR) is 120 cm³/mol. The van der Waals surface area contributed by atoms with Gasteiger partial charge in [0, 0.05) is 18.5 Å². The van der Waals surface area contributed by atoms with Crippen LogP contribution in [0.1, 0.15) is 10.4 Å². The number of likely N-dealkylation sites (N-methyl/N-ethyl adjacent to an activating group) is 1. The maximum absolute atomic E-state index is 13.5. The van der Waals surface area contributed by atoms with Crippen LogP contribution in [0.2, 0.25) is 5.02 Å². The van der Waals surface area contributed by atoms with Crippen LogP contribution in [0.3, 0.4) is 0 Å². The molecule has 2 heterocycles. The van der Waals surface area contributed by atoms with Gasteiger partial charge in [0.2, 0.25) is 0 Å². The molecule has 0 aliphatic carbocycles. The molecule has 0 radical (unpaired) electrons. The first-order valence-electron chi connectivity index (χ1n) is 9.26. The molecule has 0 N–H and O–H groups in total. The summed E-state index contributed by atoms with van der Waals surface area (Å²) < 4.78 is 5.18. The summed E-state index contributed by atoms with van der Waals surface area (Å²) in [6.07, 6.45) is 0. The molecule has 0 atom stereocenters. The number of carbonyl (C=O) groups is 2. The van der Waals surface area contributed by atoms with Gasteiger partial charge in [-0.15, -0.1) is 11.3 Å². The minimum Gasteiger partial charge on any atom is -0.495 e. The van der Waals surface area contributed by atoms with Crippen LogP contribution in [0.5, 0.6) is 5.75 Å². The number of hydrogen-bond acceptors (Lipinski definition) is 5. The molecule has 7 heteroatoms. The lowest BCUT2D eigenvalue weighted by atomic mass is 10.1. The normalized spacial score (nSPS) is 13.9. The van der Waals surface area contributed by atoms with Gasteiger partial charge in [-0.2, -0.15) is 0 Å². The zero-order valence-corrected chi connectivity index (χ0v) is 18.0. The number of ether oxygens (including phenoxy) is 1. The van der Waals surface area contributed by atoms with Crippen LogP contribution in [-0.2, 0) is 16.1 Å². The van der Waals surface area contributed by atoms with Crippen LogP contribution >= 0.6 is 22.9 Å². The highest BCUT2D eigenvalue weighted by molar-refractivity contribution is 7.11. The van der Waals surface area contributed by atoms with Crippen molar-refractivity contribution in [3.05, 3.63) is 87.2 Å². The van der Waals surface area contributed by atoms with Gasteiger partial charge in [-0.3, -0.25) is 9.59 Å². The van der Waals surface area contributed by atoms with Gasteiger partial charge in [-0.1, -0.05) is 48.0 Å². The quantitative estimate of drug-likeness (QED) is 0.517. The highest BCUT2D eigenvalue weighted by atomic mass is 35.5. The summed E-state index contributed by atoms with van der Waals surface area (Å²) in [6, 6.07) is 18.4. The van der Waals surface area contributed by atoms with E-state index >= 15 is 0 Å². The largest absolute Gasteiger partial charge is 0.495 e. The molecule has 2 amide bonds. The second kappa shape index (κ2) is 8.34. The Hall–Kier alpha value is -3.09. The van der Waals surface area contributed by atoms with E-state index in [1.807, 2.05) is 59.8 Å². The van der Waals surface area contributed by atoms with Crippen molar-refractivity contribution in [2.75, 3.05) is 19.1 Å². The Labute approximate surface area is 183 Å². The van der Waals surface area contributed by atoms with E-state index in [0.717, 1.165) is 10.4 Å². The molecule has 0 saturated heterocycles. The Kier molecular flexibility index (Phi) is 5.61. The fraction of sp³-hybridized carbons (Fsp3) is 0.130. The molecular weight excluding hydrogens is 420 g/mol. The summed E-state index contributed by atoms with van der Waals surface area (Å²) in [5, 5.41) is 2.22. The van der Waals surface area contributed by atoms with Crippen LogP contribution in [0.4, 0.5) is 5.69 Å². The summed E-state index contributed by atoms with van der Waals surface area (Å²) in [4.78, 5) is 30.6. The number of imide groups is 1. The highest BCUT2D eigenvalue weighted by Gasteiger charge is 2.42. The van der Waals surface area contributed by atoms with Gasteiger partial charge in [0.25, 0.3) is 11.8 Å². The van der Waals surface area contributed by atoms with Gasteiger partial charge >= 0.3 is 0 Å². The summed E-state index contributed by atoms with van der Waals surface area (Å²) in [5.41, 5.74) is 2.23. The molecule has 0 unspecified atom stereocenters. The number of benzene rings is 2. The molecule has 5 nitrogen and oxygen atoms in total. The number of anilines is 1. The summed E-state index contributed by atoms with van der Waals surface area (Å²) >= 11 is 7.68. The van der Waals surface area contributed by atoms with Crippen molar-refractivity contribution in [2.24, 2.45) is 0 Å². The second-order valence-electron chi connectivity index (χ2n) is 6.81. The number of nitrogens with zero attached hydrogens (tertiary/aromatic N) is 2. The number of thiophene rings is 1. The number of carbonyl (C=O) groups excluding carboxylic acids is 2. The molecule has 1 aromatic heterocycles. The molecule has 152 valence electrons. The summed E-state index contributed by atoms with van der Waals surface area (Å²) in [7, 11) is 3.34. The Bertz CT molecular complexity index is 1130. The predicted octanol–water partition coefficient (Wildman–Crippen LogP) is 4.83. The van der Waals surface area contributed by atoms with E-state index in [1.165, 1.54) is 23.3 Å². The van der Waals surface area contributed by atoms with Gasteiger partial charge < -0.3 is 9.64 Å². The van der Waals surface area contributed by atoms with Crippen LogP contribution in [0.15, 0.2) is 71.7 Å². The topological polar surface area (TPSA) is 49.9 Å². The van der Waals surface area contributed by atoms with Crippen LogP contribution in [0, 0.1) is 0 Å². The summed E-state index contributed by atoms with van der Waals surface area (Å²) in [6.45, 7) is 0.501. The summed E-state index contributed by atoms with van der Waals surface area (Å²) in [5.74, 6) is -0.256. The third-order valence-corrected chi connectivity index (χ3v) is 6.05. The van der Waals surface area contributed by atoms with Crippen LogP contribution < -0.4 is 9.64 Å². The fourth-order valence-corrected chi connectivity index (χ4v) is 4.50. The minimum absolute atomic E-state index is 0.333. The molecule has 0 bridgehead atoms. The van der Waals surface area contributed by atoms with Gasteiger partial charge in [0.1, 0.15) is 11.4 Å². The number of amides is 2. The van der Waals surface area contributed by atoms with Crippen LogP contribution in [-0.4, -0.2) is 30.9 Å². The van der Waals surface area contributed by atoms with Crippen LogP contribution in [0.25, 0.3) is 5.57 Å². The molecule has 1 aliphatic rings. The molecule has 0 spiro atoms. The first-order valence-corrected chi connectivity index (χ1v) is 10.5. The SMILES string of the molecule is COc1ccc(N2C(=O)C(c3cccs3)=C(N(C)Cc3ccccc3)C2=O)cc1Cl. The molecule has 30 heavy (non-hydrogen) atoms. The molecular formula is C23H19ClN2O3S. The van der Waals surface area contributed by atoms with Gasteiger partial charge in [-0.25, -0.2) is 4.90 Å². The highest BCUT2D eigenvalue weighted by Crippen LogP contribution is 2.38. The van der Waals surface area contributed by atoms with Gasteiger partial charge in [-0.05, 0) is 35.2 Å². The van der Waals surface area contributed by atoms with Crippen molar-refractivity contribution in [3.8, 4) is 5.75 Å². The molecule has 3 aromatic rings. The lowest BCUT2D eigenvalue weighted by Crippen LogP contribution is -2.34. The molecule has 1 aliphatic heterocycles. The third kappa shape index (κ3) is 3.60. The Morgan fingerprint density at radius 1 is 1.03 bits per heavy atom. The standard InChI is InChI=1S/C23H19ClN2O3S/c1-25(14-15-7-4-3-5-8-15)21-20(19-9-6-12-30-19)22(27)26(23(21)28)16-10-11-18(29-2)17(24)13-16/h3-13H,14H2,1-2H3. The van der Waals surface area contributed by atoms with E-state index in [-0.39, 0.29) is 11.8 Å². The second-order valence-corrected chi connectivity index (χ2v) is 8.16. The van der Waals surface area contributed by atoms with Crippen molar-refractivity contribution in [1.29, 1.82) is 0 Å². The minimum atomic E-state index is -0.372. The first-order chi connectivity index (χ1) is 14.5. The van der Waals surface area contributed by atoms with Crippen molar-refractivity contribution in [1.82, 2.24) is 4.90 Å². The lowest BCUT2D eigenvalue weighted by Gasteiger charge is -2.21.